The van der Waals surface area contributed by atoms with Gasteiger partial charge in [0.1, 0.15) is 17.3 Å². The summed E-state index contributed by atoms with van der Waals surface area (Å²) in [5.74, 6) is 3.31. The van der Waals surface area contributed by atoms with E-state index >= 15 is 0 Å². The van der Waals surface area contributed by atoms with Crippen molar-refractivity contribution in [3.63, 3.8) is 0 Å². The van der Waals surface area contributed by atoms with Gasteiger partial charge in [-0.15, -0.1) is 0 Å². The van der Waals surface area contributed by atoms with Gasteiger partial charge in [0.25, 0.3) is 0 Å². The summed E-state index contributed by atoms with van der Waals surface area (Å²) >= 11 is 0. The van der Waals surface area contributed by atoms with Crippen LogP contribution in [0, 0.1) is 13.8 Å². The van der Waals surface area contributed by atoms with Crippen LogP contribution < -0.4 is 10.1 Å². The first-order valence-corrected chi connectivity index (χ1v) is 6.53. The maximum Gasteiger partial charge on any atom is 0.215 e. The molecule has 0 radical (unpaired) electrons. The first kappa shape index (κ1) is 13.5. The summed E-state index contributed by atoms with van der Waals surface area (Å²) in [5.41, 5.74) is 1.15. The average molecular weight is 260 g/mol. The van der Waals surface area contributed by atoms with E-state index in [-0.39, 0.29) is 6.04 Å². The molecule has 2 aromatic heterocycles. The van der Waals surface area contributed by atoms with E-state index in [1.807, 2.05) is 39.0 Å². The van der Waals surface area contributed by atoms with Gasteiger partial charge in [-0.2, -0.15) is 4.98 Å². The Morgan fingerprint density at radius 1 is 1.37 bits per heavy atom. The van der Waals surface area contributed by atoms with Crippen LogP contribution in [0.3, 0.4) is 0 Å². The van der Waals surface area contributed by atoms with E-state index in [1.165, 1.54) is 0 Å². The number of hydrogen-bond acceptors (Lipinski definition) is 4. The van der Waals surface area contributed by atoms with Crippen molar-refractivity contribution in [3.8, 4) is 5.88 Å². The number of ether oxygens (including phenoxy) is 1. The summed E-state index contributed by atoms with van der Waals surface area (Å²) in [5, 5.41) is 3.36. The van der Waals surface area contributed by atoms with E-state index in [4.69, 9.17) is 9.15 Å². The summed E-state index contributed by atoms with van der Waals surface area (Å²) in [7, 11) is 0. The number of aromatic nitrogens is 1. The molecule has 0 amide bonds. The normalized spacial score (nSPS) is 12.2. The quantitative estimate of drug-likeness (QED) is 0.886. The molecule has 4 nitrogen and oxygen atoms in total. The minimum absolute atomic E-state index is 0.141. The molecule has 102 valence electrons. The number of nitrogens with one attached hydrogen (secondary N) is 1. The van der Waals surface area contributed by atoms with Gasteiger partial charge in [0.2, 0.25) is 5.88 Å². The second kappa shape index (κ2) is 5.78. The van der Waals surface area contributed by atoms with Crippen molar-refractivity contribution in [3.05, 3.63) is 41.3 Å². The molecule has 1 N–H and O–H groups in total. The molecule has 0 aliphatic rings. The van der Waals surface area contributed by atoms with Gasteiger partial charge in [-0.1, -0.05) is 6.07 Å². The molecule has 0 saturated heterocycles. The molecule has 0 aliphatic heterocycles. The van der Waals surface area contributed by atoms with Crippen molar-refractivity contribution in [1.29, 1.82) is 0 Å². The van der Waals surface area contributed by atoms with Crippen LogP contribution in [-0.2, 0) is 0 Å². The first-order chi connectivity index (χ1) is 9.10. The van der Waals surface area contributed by atoms with E-state index in [1.54, 1.807) is 0 Å². The number of hydrogen-bond donors (Lipinski definition) is 1. The molecule has 0 aromatic carbocycles. The third kappa shape index (κ3) is 3.28. The molecule has 0 saturated carbocycles. The molecule has 2 rings (SSSR count). The monoisotopic (exact) mass is 260 g/mol. The molecule has 1 atom stereocenters. The van der Waals surface area contributed by atoms with Crippen LogP contribution in [0.2, 0.25) is 0 Å². The van der Waals surface area contributed by atoms with Crippen molar-refractivity contribution in [2.45, 2.75) is 33.7 Å². The molecule has 2 aromatic rings. The second-order valence-corrected chi connectivity index (χ2v) is 4.53. The molecule has 0 aliphatic carbocycles. The van der Waals surface area contributed by atoms with E-state index < -0.39 is 0 Å². The predicted octanol–water partition coefficient (Wildman–Crippen LogP) is 3.86. The van der Waals surface area contributed by atoms with Crippen LogP contribution in [-0.4, -0.2) is 11.6 Å². The summed E-state index contributed by atoms with van der Waals surface area (Å²) in [6, 6.07) is 7.91. The molecule has 0 fully saturated rings. The number of anilines is 1. The van der Waals surface area contributed by atoms with Crippen LogP contribution in [0.5, 0.6) is 5.88 Å². The van der Waals surface area contributed by atoms with E-state index in [0.717, 1.165) is 22.9 Å². The van der Waals surface area contributed by atoms with E-state index in [2.05, 4.69) is 23.3 Å². The SMILES string of the molecule is CCOc1cccc(NC(C)c2cc(C)oc2C)n1. The topological polar surface area (TPSA) is 47.3 Å². The summed E-state index contributed by atoms with van der Waals surface area (Å²) in [4.78, 5) is 4.40. The lowest BCUT2D eigenvalue weighted by Crippen LogP contribution is -2.08. The Bertz CT molecular complexity index is 549. The number of aryl methyl sites for hydroxylation is 2. The maximum atomic E-state index is 5.55. The minimum atomic E-state index is 0.141. The zero-order valence-corrected chi connectivity index (χ0v) is 11.9. The highest BCUT2D eigenvalue weighted by Gasteiger charge is 2.13. The van der Waals surface area contributed by atoms with Crippen molar-refractivity contribution in [2.75, 3.05) is 11.9 Å². The third-order valence-corrected chi connectivity index (χ3v) is 2.93. The zero-order valence-electron chi connectivity index (χ0n) is 11.9. The van der Waals surface area contributed by atoms with Gasteiger partial charge in [0, 0.05) is 11.6 Å². The fourth-order valence-corrected chi connectivity index (χ4v) is 2.10. The Hall–Kier alpha value is -1.97. The first-order valence-electron chi connectivity index (χ1n) is 6.53. The molecule has 2 heterocycles. The fourth-order valence-electron chi connectivity index (χ4n) is 2.10. The summed E-state index contributed by atoms with van der Waals surface area (Å²) < 4.78 is 10.9. The maximum absolute atomic E-state index is 5.55. The van der Waals surface area contributed by atoms with E-state index in [9.17, 15) is 0 Å². The number of pyridine rings is 1. The molecule has 1 unspecified atom stereocenters. The van der Waals surface area contributed by atoms with Crippen LogP contribution in [0.1, 0.15) is 37.0 Å². The molecule has 0 spiro atoms. The number of furan rings is 1. The molecular weight excluding hydrogens is 240 g/mol. The van der Waals surface area contributed by atoms with Crippen LogP contribution in [0.4, 0.5) is 5.82 Å². The highest BCUT2D eigenvalue weighted by Crippen LogP contribution is 2.24. The molecule has 4 heteroatoms. The van der Waals surface area contributed by atoms with Gasteiger partial charge in [-0.25, -0.2) is 0 Å². The molecule has 19 heavy (non-hydrogen) atoms. The fraction of sp³-hybridized carbons (Fsp3) is 0.400. The Morgan fingerprint density at radius 2 is 2.16 bits per heavy atom. The lowest BCUT2D eigenvalue weighted by Gasteiger charge is -2.14. The Labute approximate surface area is 113 Å². The van der Waals surface area contributed by atoms with Crippen molar-refractivity contribution < 1.29 is 9.15 Å². The molecule has 0 bridgehead atoms. The van der Waals surface area contributed by atoms with Gasteiger partial charge < -0.3 is 14.5 Å². The third-order valence-electron chi connectivity index (χ3n) is 2.93. The lowest BCUT2D eigenvalue weighted by atomic mass is 10.1. The van der Waals surface area contributed by atoms with Crippen molar-refractivity contribution >= 4 is 5.82 Å². The van der Waals surface area contributed by atoms with Crippen molar-refractivity contribution in [1.82, 2.24) is 4.98 Å². The van der Waals surface area contributed by atoms with Crippen molar-refractivity contribution in [2.24, 2.45) is 0 Å². The Balaban J connectivity index is 2.12. The zero-order chi connectivity index (χ0) is 13.8. The lowest BCUT2D eigenvalue weighted by molar-refractivity contribution is 0.327. The van der Waals surface area contributed by atoms with Gasteiger partial charge >= 0.3 is 0 Å². The van der Waals surface area contributed by atoms with Crippen LogP contribution in [0.25, 0.3) is 0 Å². The van der Waals surface area contributed by atoms with Gasteiger partial charge in [-0.3, -0.25) is 0 Å². The average Bonchev–Trinajstić information content (AvgIpc) is 2.69. The Kier molecular flexibility index (Phi) is 4.10. The van der Waals surface area contributed by atoms with E-state index in [0.29, 0.717) is 12.5 Å². The standard InChI is InChI=1S/C15H20N2O2/c1-5-18-15-8-6-7-14(17-15)16-11(3)13-9-10(2)19-12(13)4/h6-9,11H,5H2,1-4H3,(H,16,17). The minimum Gasteiger partial charge on any atom is -0.478 e. The number of rotatable bonds is 5. The number of nitrogens with zero attached hydrogens (tertiary/aromatic N) is 1. The second-order valence-electron chi connectivity index (χ2n) is 4.53. The van der Waals surface area contributed by atoms with Crippen LogP contribution >= 0.6 is 0 Å². The van der Waals surface area contributed by atoms with Gasteiger partial charge in [-0.05, 0) is 39.8 Å². The van der Waals surface area contributed by atoms with Crippen LogP contribution in [0.15, 0.2) is 28.7 Å². The smallest absolute Gasteiger partial charge is 0.215 e. The highest BCUT2D eigenvalue weighted by atomic mass is 16.5. The Morgan fingerprint density at radius 3 is 2.79 bits per heavy atom. The summed E-state index contributed by atoms with van der Waals surface area (Å²) in [6.45, 7) is 8.59. The van der Waals surface area contributed by atoms with Gasteiger partial charge in [0.15, 0.2) is 0 Å². The summed E-state index contributed by atoms with van der Waals surface area (Å²) in [6.07, 6.45) is 0. The highest BCUT2D eigenvalue weighted by molar-refractivity contribution is 5.41. The van der Waals surface area contributed by atoms with Gasteiger partial charge in [0.05, 0.1) is 12.6 Å². The predicted molar refractivity (Wildman–Crippen MR) is 75.6 cm³/mol. The molecular formula is C15H20N2O2. The largest absolute Gasteiger partial charge is 0.478 e.